The van der Waals surface area contributed by atoms with E-state index in [1.54, 1.807) is 53.4 Å². The molecule has 1 N–H and O–H groups in total. The number of aromatic nitrogens is 1. The fraction of sp³-hybridized carbons (Fsp3) is 0.0909. The average Bonchev–Trinajstić information content (AvgIpc) is 3.49. The second-order valence-corrected chi connectivity index (χ2v) is 6.45. The van der Waals surface area contributed by atoms with E-state index in [-0.39, 0.29) is 34.2 Å². The molecule has 0 saturated heterocycles. The number of hydrogen-bond donors (Lipinski definition) is 1. The van der Waals surface area contributed by atoms with Crippen molar-refractivity contribution in [3.8, 4) is 18.0 Å². The van der Waals surface area contributed by atoms with Crippen molar-refractivity contribution in [2.24, 2.45) is 0 Å². The van der Waals surface area contributed by atoms with Gasteiger partial charge in [0.2, 0.25) is 11.6 Å². The average molecular weight is 414 g/mol. The first-order valence-electron chi connectivity index (χ1n) is 9.09. The van der Waals surface area contributed by atoms with Gasteiger partial charge >= 0.3 is 5.97 Å². The molecular formula is C22H14N4O5. The van der Waals surface area contributed by atoms with Crippen molar-refractivity contribution in [2.45, 2.75) is 6.92 Å². The number of anilines is 1. The maximum absolute atomic E-state index is 12.6. The van der Waals surface area contributed by atoms with Crippen LogP contribution in [0.4, 0.5) is 5.69 Å². The molecule has 31 heavy (non-hydrogen) atoms. The number of carbonyl (C=O) groups excluding carboxylic acids is 2. The largest absolute Gasteiger partial charge is 0.452 e. The molecule has 0 spiro atoms. The summed E-state index contributed by atoms with van der Waals surface area (Å²) in [5.41, 5.74) is 0.597. The molecule has 4 rings (SSSR count). The van der Waals surface area contributed by atoms with E-state index in [9.17, 15) is 20.1 Å². The number of para-hydroxylation sites is 1. The summed E-state index contributed by atoms with van der Waals surface area (Å²) in [6.45, 7) is 0.902. The number of amides is 1. The fourth-order valence-corrected chi connectivity index (χ4v) is 3.16. The Hall–Kier alpha value is -4.76. The molecule has 0 radical (unpaired) electrons. The maximum atomic E-state index is 12.6. The Labute approximate surface area is 175 Å². The van der Waals surface area contributed by atoms with Crippen molar-refractivity contribution in [3.63, 3.8) is 0 Å². The molecule has 4 aromatic rings. The molecule has 152 valence electrons. The molecule has 3 aromatic heterocycles. The quantitative estimate of drug-likeness (QED) is 0.492. The molecule has 0 unspecified atom stereocenters. The zero-order valence-electron chi connectivity index (χ0n) is 16.2. The molecule has 0 bridgehead atoms. The molecule has 0 atom stereocenters. The number of carbonyl (C=O) groups is 2. The van der Waals surface area contributed by atoms with E-state index in [1.807, 2.05) is 12.1 Å². The van der Waals surface area contributed by atoms with Gasteiger partial charge in [0.1, 0.15) is 40.3 Å². The van der Waals surface area contributed by atoms with Gasteiger partial charge in [-0.2, -0.15) is 10.5 Å². The second-order valence-electron chi connectivity index (χ2n) is 6.45. The first kappa shape index (κ1) is 19.6. The number of hydrogen-bond acceptors (Lipinski definition) is 7. The van der Waals surface area contributed by atoms with Crippen LogP contribution in [0, 0.1) is 29.6 Å². The number of nitrogens with zero attached hydrogens (tertiary/aromatic N) is 3. The first-order chi connectivity index (χ1) is 15.0. The normalized spacial score (nSPS) is 10.4. The van der Waals surface area contributed by atoms with Gasteiger partial charge in [0.05, 0.1) is 0 Å². The van der Waals surface area contributed by atoms with Crippen molar-refractivity contribution in [2.75, 3.05) is 11.9 Å². The van der Waals surface area contributed by atoms with Crippen LogP contribution in [0.1, 0.15) is 27.4 Å². The standard InChI is InChI=1S/C22H14N4O5/c1-13-19(15(10-23)21(30-13)26-8-4-5-9-26)22(28)29-12-18(27)25-20-14-6-2-3-7-16(14)31-17(20)11-24/h2-9H,12H2,1H3,(H,25,27). The van der Waals surface area contributed by atoms with Crippen molar-refractivity contribution in [1.82, 2.24) is 4.57 Å². The van der Waals surface area contributed by atoms with Gasteiger partial charge in [0.25, 0.3) is 5.91 Å². The lowest BCUT2D eigenvalue weighted by molar-refractivity contribution is -0.119. The summed E-state index contributed by atoms with van der Waals surface area (Å²) in [5.74, 6) is -1.22. The van der Waals surface area contributed by atoms with Gasteiger partial charge in [-0.25, -0.2) is 4.79 Å². The molecule has 9 nitrogen and oxygen atoms in total. The van der Waals surface area contributed by atoms with Crippen molar-refractivity contribution in [3.05, 3.63) is 71.4 Å². The summed E-state index contributed by atoms with van der Waals surface area (Å²) in [6, 6.07) is 14.2. The molecule has 0 saturated carbocycles. The van der Waals surface area contributed by atoms with Crippen LogP contribution in [0.3, 0.4) is 0 Å². The lowest BCUT2D eigenvalue weighted by Gasteiger charge is -2.06. The minimum atomic E-state index is -0.871. The van der Waals surface area contributed by atoms with Crippen LogP contribution in [-0.4, -0.2) is 23.1 Å². The maximum Gasteiger partial charge on any atom is 0.343 e. The van der Waals surface area contributed by atoms with Gasteiger partial charge in [-0.3, -0.25) is 9.36 Å². The monoisotopic (exact) mass is 414 g/mol. The van der Waals surface area contributed by atoms with Crippen LogP contribution in [0.5, 0.6) is 0 Å². The fourth-order valence-electron chi connectivity index (χ4n) is 3.16. The number of fused-ring (bicyclic) bond motifs is 1. The highest BCUT2D eigenvalue weighted by atomic mass is 16.5. The number of furan rings is 2. The summed E-state index contributed by atoms with van der Waals surface area (Å²) >= 11 is 0. The summed E-state index contributed by atoms with van der Waals surface area (Å²) in [4.78, 5) is 24.9. The number of aryl methyl sites for hydroxylation is 1. The van der Waals surface area contributed by atoms with Crippen LogP contribution >= 0.6 is 0 Å². The van der Waals surface area contributed by atoms with Crippen LogP contribution < -0.4 is 5.32 Å². The van der Waals surface area contributed by atoms with E-state index in [4.69, 9.17) is 13.6 Å². The lowest BCUT2D eigenvalue weighted by Crippen LogP contribution is -2.21. The van der Waals surface area contributed by atoms with Crippen molar-refractivity contribution >= 4 is 28.5 Å². The third-order valence-corrected chi connectivity index (χ3v) is 4.52. The molecule has 1 aromatic carbocycles. The predicted molar refractivity (Wildman–Crippen MR) is 107 cm³/mol. The minimum Gasteiger partial charge on any atom is -0.452 e. The van der Waals surface area contributed by atoms with E-state index >= 15 is 0 Å². The van der Waals surface area contributed by atoms with E-state index in [2.05, 4.69) is 5.32 Å². The molecule has 0 aliphatic heterocycles. The lowest BCUT2D eigenvalue weighted by atomic mass is 10.1. The Morgan fingerprint density at radius 2 is 1.84 bits per heavy atom. The minimum absolute atomic E-state index is 0.00621. The summed E-state index contributed by atoms with van der Waals surface area (Å²) in [6.07, 6.45) is 3.34. The number of nitrogens with one attached hydrogen (secondary N) is 1. The van der Waals surface area contributed by atoms with Crippen molar-refractivity contribution in [1.29, 1.82) is 10.5 Å². The zero-order chi connectivity index (χ0) is 22.0. The summed E-state index contributed by atoms with van der Waals surface area (Å²) < 4.78 is 17.6. The highest BCUT2D eigenvalue weighted by molar-refractivity contribution is 6.04. The van der Waals surface area contributed by atoms with E-state index in [1.165, 1.54) is 6.92 Å². The number of nitriles is 2. The zero-order valence-corrected chi connectivity index (χ0v) is 16.2. The molecule has 3 heterocycles. The molecular weight excluding hydrogens is 400 g/mol. The molecule has 0 aliphatic rings. The number of ether oxygens (including phenoxy) is 1. The summed E-state index contributed by atoms with van der Waals surface area (Å²) in [5, 5.41) is 21.8. The van der Waals surface area contributed by atoms with Crippen molar-refractivity contribution < 1.29 is 23.2 Å². The van der Waals surface area contributed by atoms with Gasteiger partial charge < -0.3 is 18.9 Å². The van der Waals surface area contributed by atoms with Crippen LogP contribution in [0.15, 0.2) is 57.6 Å². The number of rotatable bonds is 5. The Morgan fingerprint density at radius 1 is 1.10 bits per heavy atom. The third-order valence-electron chi connectivity index (χ3n) is 4.52. The van der Waals surface area contributed by atoms with E-state index < -0.39 is 18.5 Å². The van der Waals surface area contributed by atoms with Gasteiger partial charge in [-0.05, 0) is 31.2 Å². The Kier molecular flexibility index (Phi) is 5.00. The van der Waals surface area contributed by atoms with Gasteiger partial charge in [0.15, 0.2) is 6.61 Å². The number of benzene rings is 1. The highest BCUT2D eigenvalue weighted by Gasteiger charge is 2.26. The van der Waals surface area contributed by atoms with Gasteiger partial charge in [0, 0.05) is 17.8 Å². The molecule has 9 heteroatoms. The third kappa shape index (κ3) is 3.52. The van der Waals surface area contributed by atoms with Crippen LogP contribution in [0.25, 0.3) is 16.9 Å². The predicted octanol–water partition coefficient (Wildman–Crippen LogP) is 3.66. The van der Waals surface area contributed by atoms with Gasteiger partial charge in [-0.1, -0.05) is 12.1 Å². The van der Waals surface area contributed by atoms with E-state index in [0.29, 0.717) is 11.0 Å². The SMILES string of the molecule is Cc1oc(-n2cccc2)c(C#N)c1C(=O)OCC(=O)Nc1c(C#N)oc2ccccc12. The van der Waals surface area contributed by atoms with Crippen LogP contribution in [0.2, 0.25) is 0 Å². The molecule has 0 fully saturated rings. The second kappa shape index (κ2) is 7.93. The Balaban J connectivity index is 1.51. The summed E-state index contributed by atoms with van der Waals surface area (Å²) in [7, 11) is 0. The van der Waals surface area contributed by atoms with E-state index in [0.717, 1.165) is 0 Å². The Morgan fingerprint density at radius 3 is 2.55 bits per heavy atom. The smallest absolute Gasteiger partial charge is 0.343 e. The molecule has 0 aliphatic carbocycles. The Bertz CT molecular complexity index is 1380. The van der Waals surface area contributed by atoms with Gasteiger partial charge in [-0.15, -0.1) is 0 Å². The van der Waals surface area contributed by atoms with Crippen LogP contribution in [-0.2, 0) is 9.53 Å². The number of esters is 1. The first-order valence-corrected chi connectivity index (χ1v) is 9.09. The highest BCUT2D eigenvalue weighted by Crippen LogP contribution is 2.30. The topological polar surface area (TPSA) is 134 Å². The molecule has 1 amide bonds.